The predicted molar refractivity (Wildman–Crippen MR) is 84.9 cm³/mol. The number of nitrogens with two attached hydrogens (primary N) is 1. The lowest BCUT2D eigenvalue weighted by Gasteiger charge is -2.30. The molecule has 0 spiro atoms. The molecule has 1 aromatic rings. The average Bonchev–Trinajstić information content (AvgIpc) is 2.63. The van der Waals surface area contributed by atoms with Crippen molar-refractivity contribution in [3.05, 3.63) is 29.8 Å². The Morgan fingerprint density at radius 1 is 1.25 bits per heavy atom. The van der Waals surface area contributed by atoms with Gasteiger partial charge in [0.15, 0.2) is 0 Å². The smallest absolute Gasteiger partial charge is 0.124 e. The highest BCUT2D eigenvalue weighted by atomic mass is 16.5. The molecule has 1 aromatic carbocycles. The van der Waals surface area contributed by atoms with Crippen LogP contribution in [0.15, 0.2) is 24.3 Å². The highest BCUT2D eigenvalue weighted by Gasteiger charge is 2.33. The molecule has 0 heterocycles. The Balaban J connectivity index is 2.22. The normalized spacial score (nSPS) is 27.4. The van der Waals surface area contributed by atoms with Crippen molar-refractivity contribution >= 4 is 0 Å². The van der Waals surface area contributed by atoms with Crippen molar-refractivity contribution < 1.29 is 4.74 Å². The molecular weight excluding hydrogens is 246 g/mol. The molecule has 20 heavy (non-hydrogen) atoms. The fraction of sp³-hybridized carbons (Fsp3) is 0.667. The van der Waals surface area contributed by atoms with Crippen molar-refractivity contribution in [3.8, 4) is 5.75 Å². The summed E-state index contributed by atoms with van der Waals surface area (Å²) in [6.07, 6.45) is 5.90. The van der Waals surface area contributed by atoms with Gasteiger partial charge < -0.3 is 10.5 Å². The summed E-state index contributed by atoms with van der Waals surface area (Å²) in [6, 6.07) is 8.32. The van der Waals surface area contributed by atoms with Crippen LogP contribution >= 0.6 is 0 Å². The van der Waals surface area contributed by atoms with Gasteiger partial charge in [0.2, 0.25) is 0 Å². The Labute approximate surface area is 123 Å². The third-order valence-electron chi connectivity index (χ3n) is 4.83. The lowest BCUT2D eigenvalue weighted by atomic mass is 9.82. The van der Waals surface area contributed by atoms with Crippen LogP contribution in [-0.2, 0) is 5.54 Å². The van der Waals surface area contributed by atoms with E-state index in [2.05, 4.69) is 32.0 Å². The molecule has 0 saturated heterocycles. The fourth-order valence-electron chi connectivity index (χ4n) is 3.49. The van der Waals surface area contributed by atoms with Crippen LogP contribution in [0, 0.1) is 11.8 Å². The third-order valence-corrected chi connectivity index (χ3v) is 4.83. The Morgan fingerprint density at radius 2 is 2.00 bits per heavy atom. The Kier molecular flexibility index (Phi) is 5.09. The van der Waals surface area contributed by atoms with Crippen LogP contribution in [-0.4, -0.2) is 6.61 Å². The summed E-state index contributed by atoms with van der Waals surface area (Å²) in [5.74, 6) is 2.56. The van der Waals surface area contributed by atoms with Gasteiger partial charge in [0, 0.05) is 11.1 Å². The maximum Gasteiger partial charge on any atom is 0.124 e. The molecule has 2 N–H and O–H groups in total. The summed E-state index contributed by atoms with van der Waals surface area (Å²) in [6.45, 7) is 7.40. The molecule has 2 atom stereocenters. The van der Waals surface area contributed by atoms with Gasteiger partial charge >= 0.3 is 0 Å². The van der Waals surface area contributed by atoms with Gasteiger partial charge in [-0.2, -0.15) is 0 Å². The lowest BCUT2D eigenvalue weighted by Crippen LogP contribution is -2.36. The van der Waals surface area contributed by atoms with Gasteiger partial charge in [0.05, 0.1) is 6.61 Å². The van der Waals surface area contributed by atoms with Crippen LogP contribution in [0.2, 0.25) is 0 Å². The van der Waals surface area contributed by atoms with Gasteiger partial charge in [0.1, 0.15) is 5.75 Å². The van der Waals surface area contributed by atoms with E-state index in [0.717, 1.165) is 30.4 Å². The van der Waals surface area contributed by atoms with Gasteiger partial charge in [-0.15, -0.1) is 0 Å². The molecule has 2 nitrogen and oxygen atoms in total. The largest absolute Gasteiger partial charge is 0.494 e. The zero-order valence-corrected chi connectivity index (χ0v) is 13.2. The summed E-state index contributed by atoms with van der Waals surface area (Å²) in [5, 5.41) is 0. The van der Waals surface area contributed by atoms with Crippen LogP contribution in [0.5, 0.6) is 5.75 Å². The number of rotatable bonds is 4. The molecule has 0 amide bonds. The molecule has 1 aliphatic carbocycles. The average molecular weight is 275 g/mol. The fourth-order valence-corrected chi connectivity index (χ4v) is 3.49. The number of benzene rings is 1. The molecular formula is C18H29NO. The molecule has 0 bridgehead atoms. The van der Waals surface area contributed by atoms with Gasteiger partial charge in [-0.05, 0) is 44.1 Å². The number of hydrogen-bond donors (Lipinski definition) is 1. The van der Waals surface area contributed by atoms with E-state index in [4.69, 9.17) is 10.5 Å². The SMILES string of the molecule is CCOc1ccccc1C1(N)CCCC(C(C)C)CC1. The second-order valence-electron chi connectivity index (χ2n) is 6.52. The van der Waals surface area contributed by atoms with E-state index in [-0.39, 0.29) is 5.54 Å². The lowest BCUT2D eigenvalue weighted by molar-refractivity contribution is 0.302. The van der Waals surface area contributed by atoms with Crippen LogP contribution in [0.25, 0.3) is 0 Å². The molecule has 0 aromatic heterocycles. The monoisotopic (exact) mass is 275 g/mol. The van der Waals surface area contributed by atoms with E-state index in [1.807, 2.05) is 13.0 Å². The Morgan fingerprint density at radius 3 is 2.70 bits per heavy atom. The first-order valence-electron chi connectivity index (χ1n) is 8.08. The number of ether oxygens (including phenoxy) is 1. The summed E-state index contributed by atoms with van der Waals surface area (Å²) in [4.78, 5) is 0. The minimum Gasteiger partial charge on any atom is -0.494 e. The van der Waals surface area contributed by atoms with E-state index in [0.29, 0.717) is 6.61 Å². The van der Waals surface area contributed by atoms with E-state index in [1.165, 1.54) is 24.8 Å². The second-order valence-corrected chi connectivity index (χ2v) is 6.52. The van der Waals surface area contributed by atoms with Crippen molar-refractivity contribution in [1.29, 1.82) is 0 Å². The van der Waals surface area contributed by atoms with E-state index in [9.17, 15) is 0 Å². The minimum atomic E-state index is -0.213. The van der Waals surface area contributed by atoms with E-state index in [1.54, 1.807) is 0 Å². The van der Waals surface area contributed by atoms with Crippen molar-refractivity contribution in [2.45, 2.75) is 58.4 Å². The molecule has 1 aliphatic rings. The first-order chi connectivity index (χ1) is 9.57. The maximum absolute atomic E-state index is 6.79. The number of hydrogen-bond acceptors (Lipinski definition) is 2. The van der Waals surface area contributed by atoms with Crippen LogP contribution in [0.1, 0.15) is 58.4 Å². The Bertz CT molecular complexity index is 429. The molecule has 2 rings (SSSR count). The molecule has 1 fully saturated rings. The van der Waals surface area contributed by atoms with Crippen LogP contribution in [0.4, 0.5) is 0 Å². The van der Waals surface area contributed by atoms with Crippen molar-refractivity contribution in [1.82, 2.24) is 0 Å². The predicted octanol–water partition coefficient (Wildman–Crippen LogP) is 4.48. The van der Waals surface area contributed by atoms with Crippen LogP contribution < -0.4 is 10.5 Å². The van der Waals surface area contributed by atoms with Gasteiger partial charge in [-0.25, -0.2) is 0 Å². The van der Waals surface area contributed by atoms with Crippen molar-refractivity contribution in [2.75, 3.05) is 6.61 Å². The van der Waals surface area contributed by atoms with Gasteiger partial charge in [-0.3, -0.25) is 0 Å². The first kappa shape index (κ1) is 15.4. The summed E-state index contributed by atoms with van der Waals surface area (Å²) in [7, 11) is 0. The molecule has 1 saturated carbocycles. The minimum absolute atomic E-state index is 0.213. The second kappa shape index (κ2) is 6.62. The molecule has 0 aliphatic heterocycles. The first-order valence-corrected chi connectivity index (χ1v) is 8.08. The summed E-state index contributed by atoms with van der Waals surface area (Å²) < 4.78 is 5.79. The standard InChI is InChI=1S/C18H29NO/c1-4-20-17-10-6-5-9-16(17)18(19)12-7-8-15(11-13-18)14(2)3/h5-6,9-10,14-15H,4,7-8,11-13,19H2,1-3H3. The molecule has 2 heteroatoms. The zero-order chi connectivity index (χ0) is 14.6. The maximum atomic E-state index is 6.79. The summed E-state index contributed by atoms with van der Waals surface area (Å²) in [5.41, 5.74) is 7.78. The van der Waals surface area contributed by atoms with Crippen LogP contribution in [0.3, 0.4) is 0 Å². The van der Waals surface area contributed by atoms with Crippen molar-refractivity contribution in [2.24, 2.45) is 17.6 Å². The highest BCUT2D eigenvalue weighted by molar-refractivity contribution is 5.39. The van der Waals surface area contributed by atoms with Gasteiger partial charge in [-0.1, -0.05) is 44.9 Å². The summed E-state index contributed by atoms with van der Waals surface area (Å²) >= 11 is 0. The third kappa shape index (κ3) is 3.35. The topological polar surface area (TPSA) is 35.2 Å². The van der Waals surface area contributed by atoms with E-state index < -0.39 is 0 Å². The molecule has 112 valence electrons. The quantitative estimate of drug-likeness (QED) is 0.822. The zero-order valence-electron chi connectivity index (χ0n) is 13.2. The molecule has 0 radical (unpaired) electrons. The number of para-hydroxylation sites is 1. The Hall–Kier alpha value is -1.02. The highest BCUT2D eigenvalue weighted by Crippen LogP contribution is 2.41. The van der Waals surface area contributed by atoms with Crippen molar-refractivity contribution in [3.63, 3.8) is 0 Å². The van der Waals surface area contributed by atoms with E-state index >= 15 is 0 Å². The van der Waals surface area contributed by atoms with Gasteiger partial charge in [0.25, 0.3) is 0 Å². The molecule has 2 unspecified atom stereocenters.